The third-order valence-electron chi connectivity index (χ3n) is 7.61. The minimum absolute atomic E-state index is 0.222. The Morgan fingerprint density at radius 2 is 1.66 bits per heavy atom. The van der Waals surface area contributed by atoms with Crippen LogP contribution in [-0.4, -0.2) is 38.9 Å². The molecule has 2 aromatic carbocycles. The van der Waals surface area contributed by atoms with E-state index in [-0.39, 0.29) is 18.0 Å². The number of hydrogen-bond acceptors (Lipinski definition) is 5. The first-order chi connectivity index (χ1) is 16.9. The molecule has 1 unspecified atom stereocenters. The number of carbonyl (C=O) groups is 2. The number of anilines is 1. The monoisotopic (exact) mass is 475 g/mol. The van der Waals surface area contributed by atoms with Gasteiger partial charge in [-0.1, -0.05) is 18.2 Å². The predicted molar refractivity (Wildman–Crippen MR) is 136 cm³/mol. The highest BCUT2D eigenvalue weighted by molar-refractivity contribution is 6.00. The summed E-state index contributed by atoms with van der Waals surface area (Å²) in [4.78, 5) is 39.4. The molecule has 0 spiro atoms. The van der Waals surface area contributed by atoms with Crippen LogP contribution in [0.3, 0.4) is 0 Å². The Kier molecular flexibility index (Phi) is 6.47. The van der Waals surface area contributed by atoms with Crippen molar-refractivity contribution in [3.63, 3.8) is 0 Å². The minimum Gasteiger partial charge on any atom is -0.399 e. The van der Waals surface area contributed by atoms with E-state index in [1.807, 2.05) is 18.2 Å². The van der Waals surface area contributed by atoms with E-state index in [1.165, 1.54) is 28.5 Å². The summed E-state index contributed by atoms with van der Waals surface area (Å²) in [7, 11) is 1.74. The van der Waals surface area contributed by atoms with Crippen LogP contribution >= 0.6 is 0 Å². The van der Waals surface area contributed by atoms with Crippen molar-refractivity contribution in [1.82, 2.24) is 19.4 Å². The average molecular weight is 476 g/mol. The molecule has 0 aliphatic carbocycles. The molecule has 0 saturated carbocycles. The van der Waals surface area contributed by atoms with Gasteiger partial charge >= 0.3 is 5.69 Å². The van der Waals surface area contributed by atoms with Crippen LogP contribution in [-0.2, 0) is 29.6 Å². The lowest BCUT2D eigenvalue weighted by molar-refractivity contribution is -0.135. The number of imidazole rings is 1. The third kappa shape index (κ3) is 4.89. The topological polar surface area (TPSA) is 102 Å². The van der Waals surface area contributed by atoms with Crippen molar-refractivity contribution in [2.75, 3.05) is 18.8 Å². The van der Waals surface area contributed by atoms with Crippen LogP contribution in [0.4, 0.5) is 5.69 Å². The van der Waals surface area contributed by atoms with Crippen molar-refractivity contribution in [3.05, 3.63) is 64.1 Å². The molecule has 3 heterocycles. The fraction of sp³-hybridized carbons (Fsp3) is 0.444. The number of nitrogen functional groups attached to an aromatic ring is 1. The van der Waals surface area contributed by atoms with Gasteiger partial charge in [-0.05, 0) is 86.5 Å². The van der Waals surface area contributed by atoms with E-state index in [0.29, 0.717) is 12.3 Å². The van der Waals surface area contributed by atoms with Crippen molar-refractivity contribution in [1.29, 1.82) is 0 Å². The minimum atomic E-state index is -0.645. The molecular weight excluding hydrogens is 442 g/mol. The molecule has 184 valence electrons. The van der Waals surface area contributed by atoms with Crippen LogP contribution < -0.4 is 16.7 Å². The molecule has 3 N–H and O–H groups in total. The second-order valence-corrected chi connectivity index (χ2v) is 10.0. The SMILES string of the molecule is Cn1c(=O)n(C2CCC(=O)NC2=O)c2ccc(CCC3CCN(Cc4ccc(N)cc4)CC3)cc21. The van der Waals surface area contributed by atoms with E-state index < -0.39 is 11.9 Å². The lowest BCUT2D eigenvalue weighted by Crippen LogP contribution is -2.44. The number of aryl methyl sites for hydroxylation is 2. The van der Waals surface area contributed by atoms with E-state index in [2.05, 4.69) is 34.5 Å². The van der Waals surface area contributed by atoms with Gasteiger partial charge in [0.2, 0.25) is 11.8 Å². The van der Waals surface area contributed by atoms with E-state index in [4.69, 9.17) is 5.73 Å². The lowest BCUT2D eigenvalue weighted by Gasteiger charge is -2.32. The molecular formula is C27H33N5O3. The number of hydrogen-bond donors (Lipinski definition) is 2. The summed E-state index contributed by atoms with van der Waals surface area (Å²) in [5, 5.41) is 2.36. The first-order valence-corrected chi connectivity index (χ1v) is 12.5. The van der Waals surface area contributed by atoms with E-state index >= 15 is 0 Å². The molecule has 3 aromatic rings. The Morgan fingerprint density at radius 1 is 0.943 bits per heavy atom. The fourth-order valence-corrected chi connectivity index (χ4v) is 5.48. The standard InChI is InChI=1S/C27H33N5O3/c1-30-24-16-19(6-9-22(24)32(27(30)35)23-10-11-25(33)29-26(23)34)3-2-18-12-14-31(15-13-18)17-20-4-7-21(28)8-5-20/h4-9,16,18,23H,2-3,10-15,17,28H2,1H3,(H,29,33,34). The van der Waals surface area contributed by atoms with Gasteiger partial charge in [0.15, 0.2) is 0 Å². The molecule has 2 amide bonds. The molecule has 2 aliphatic rings. The molecule has 35 heavy (non-hydrogen) atoms. The number of rotatable bonds is 6. The Hall–Kier alpha value is -3.39. The Bertz CT molecular complexity index is 1300. The molecule has 1 atom stereocenters. The van der Waals surface area contributed by atoms with Crippen molar-refractivity contribution >= 4 is 28.5 Å². The van der Waals surface area contributed by atoms with Gasteiger partial charge < -0.3 is 5.73 Å². The number of imide groups is 1. The number of piperidine rings is 2. The Labute approximate surface area is 204 Å². The van der Waals surface area contributed by atoms with Gasteiger partial charge in [0.25, 0.3) is 0 Å². The number of aromatic nitrogens is 2. The van der Waals surface area contributed by atoms with Crippen LogP contribution in [0.2, 0.25) is 0 Å². The maximum Gasteiger partial charge on any atom is 0.329 e. The largest absolute Gasteiger partial charge is 0.399 e. The van der Waals surface area contributed by atoms with Gasteiger partial charge in [-0.3, -0.25) is 28.9 Å². The highest BCUT2D eigenvalue weighted by atomic mass is 16.2. The third-order valence-corrected chi connectivity index (χ3v) is 7.61. The molecule has 1 aromatic heterocycles. The van der Waals surface area contributed by atoms with E-state index in [1.54, 1.807) is 11.6 Å². The number of carbonyl (C=O) groups excluding carboxylic acids is 2. The zero-order chi connectivity index (χ0) is 24.5. The maximum atomic E-state index is 13.0. The average Bonchev–Trinajstić information content (AvgIpc) is 3.10. The van der Waals surface area contributed by atoms with Gasteiger partial charge in [0, 0.05) is 25.7 Å². The molecule has 5 rings (SSSR count). The highest BCUT2D eigenvalue weighted by Crippen LogP contribution is 2.27. The number of fused-ring (bicyclic) bond motifs is 1. The van der Waals surface area contributed by atoms with E-state index in [9.17, 15) is 14.4 Å². The Balaban J connectivity index is 1.21. The Morgan fingerprint density at radius 3 is 2.37 bits per heavy atom. The van der Waals surface area contributed by atoms with Crippen molar-refractivity contribution < 1.29 is 9.59 Å². The summed E-state index contributed by atoms with van der Waals surface area (Å²) < 4.78 is 3.15. The summed E-state index contributed by atoms with van der Waals surface area (Å²) >= 11 is 0. The molecule has 2 saturated heterocycles. The number of nitrogens with two attached hydrogens (primary N) is 1. The lowest BCUT2D eigenvalue weighted by atomic mass is 9.90. The first kappa shape index (κ1) is 23.4. The van der Waals surface area contributed by atoms with Crippen LogP contribution in [0.25, 0.3) is 11.0 Å². The second kappa shape index (κ2) is 9.70. The van der Waals surface area contributed by atoms with Crippen molar-refractivity contribution in [2.24, 2.45) is 13.0 Å². The van der Waals surface area contributed by atoms with Gasteiger partial charge in [0.05, 0.1) is 11.0 Å². The zero-order valence-electron chi connectivity index (χ0n) is 20.2. The first-order valence-electron chi connectivity index (χ1n) is 12.5. The normalized spacial score (nSPS) is 19.9. The van der Waals surface area contributed by atoms with Gasteiger partial charge in [-0.15, -0.1) is 0 Å². The number of nitrogens with one attached hydrogen (secondary N) is 1. The number of likely N-dealkylation sites (tertiary alicyclic amines) is 1. The summed E-state index contributed by atoms with van der Waals surface area (Å²) in [6.07, 6.45) is 5.08. The quantitative estimate of drug-likeness (QED) is 0.422. The maximum absolute atomic E-state index is 13.0. The molecule has 8 heteroatoms. The predicted octanol–water partition coefficient (Wildman–Crippen LogP) is 2.74. The summed E-state index contributed by atoms with van der Waals surface area (Å²) in [6, 6.07) is 13.6. The molecule has 0 radical (unpaired) electrons. The van der Waals surface area contributed by atoms with Gasteiger partial charge in [-0.2, -0.15) is 0 Å². The summed E-state index contributed by atoms with van der Waals surface area (Å²) in [5.74, 6) is 0.0193. The highest BCUT2D eigenvalue weighted by Gasteiger charge is 2.31. The summed E-state index contributed by atoms with van der Waals surface area (Å²) in [5.41, 5.74) is 10.5. The van der Waals surface area contributed by atoms with Gasteiger partial charge in [0.1, 0.15) is 6.04 Å². The molecule has 0 bridgehead atoms. The number of amides is 2. The van der Waals surface area contributed by atoms with Crippen molar-refractivity contribution in [2.45, 2.75) is 51.1 Å². The summed E-state index contributed by atoms with van der Waals surface area (Å²) in [6.45, 7) is 3.19. The van der Waals surface area contributed by atoms with Gasteiger partial charge in [-0.25, -0.2) is 4.79 Å². The molecule has 2 aliphatic heterocycles. The van der Waals surface area contributed by atoms with Crippen LogP contribution in [0.1, 0.15) is 49.3 Å². The van der Waals surface area contributed by atoms with Crippen molar-refractivity contribution in [3.8, 4) is 0 Å². The number of benzene rings is 2. The molecule has 2 fully saturated rings. The zero-order valence-corrected chi connectivity index (χ0v) is 20.2. The fourth-order valence-electron chi connectivity index (χ4n) is 5.48. The van der Waals surface area contributed by atoms with Crippen LogP contribution in [0, 0.1) is 5.92 Å². The molecule has 8 nitrogen and oxygen atoms in total. The second-order valence-electron chi connectivity index (χ2n) is 10.0. The van der Waals surface area contributed by atoms with Crippen LogP contribution in [0.5, 0.6) is 0 Å². The van der Waals surface area contributed by atoms with E-state index in [0.717, 1.165) is 49.2 Å². The number of nitrogens with zero attached hydrogens (tertiary/aromatic N) is 3. The smallest absolute Gasteiger partial charge is 0.329 e. The van der Waals surface area contributed by atoms with Crippen LogP contribution in [0.15, 0.2) is 47.3 Å².